The third-order valence-corrected chi connectivity index (χ3v) is 5.16. The molecule has 1 aromatic heterocycles. The van der Waals surface area contributed by atoms with Crippen LogP contribution in [-0.2, 0) is 6.54 Å². The van der Waals surface area contributed by atoms with Crippen molar-refractivity contribution in [2.45, 2.75) is 46.2 Å². The van der Waals surface area contributed by atoms with Crippen molar-refractivity contribution in [3.63, 3.8) is 0 Å². The Morgan fingerprint density at radius 2 is 1.88 bits per heavy atom. The van der Waals surface area contributed by atoms with Crippen LogP contribution in [0.2, 0.25) is 0 Å². The maximum Gasteiger partial charge on any atom is 0.123 e. The number of piperidine rings is 1. The van der Waals surface area contributed by atoms with Crippen molar-refractivity contribution in [1.82, 2.24) is 20.0 Å². The first-order valence-electron chi connectivity index (χ1n) is 9.35. The molecule has 26 heavy (non-hydrogen) atoms. The van der Waals surface area contributed by atoms with Gasteiger partial charge >= 0.3 is 0 Å². The van der Waals surface area contributed by atoms with E-state index < -0.39 is 0 Å². The molecule has 0 saturated carbocycles. The third-order valence-electron chi connectivity index (χ3n) is 5.16. The molecular formula is C21H29FN4. The number of hydrogen-bond acceptors (Lipinski definition) is 3. The van der Waals surface area contributed by atoms with E-state index in [-0.39, 0.29) is 5.82 Å². The molecule has 1 N–H and O–H groups in total. The Morgan fingerprint density at radius 3 is 2.50 bits per heavy atom. The zero-order valence-electron chi connectivity index (χ0n) is 16.1. The van der Waals surface area contributed by atoms with E-state index in [1.807, 2.05) is 11.6 Å². The molecule has 4 nitrogen and oxygen atoms in total. The SMILES string of the molecule is C=C(C)CN1CCC(NCc2c(C)nn(-c3ccc(F)cc3)c2C)CC1. The largest absolute Gasteiger partial charge is 0.310 e. The number of nitrogens with one attached hydrogen (secondary N) is 1. The summed E-state index contributed by atoms with van der Waals surface area (Å²) in [5.74, 6) is -0.227. The second kappa shape index (κ2) is 8.14. The van der Waals surface area contributed by atoms with Gasteiger partial charge in [-0.15, -0.1) is 0 Å². The average Bonchev–Trinajstić information content (AvgIpc) is 2.89. The number of nitrogens with zero attached hydrogens (tertiary/aromatic N) is 3. The zero-order valence-corrected chi connectivity index (χ0v) is 16.1. The highest BCUT2D eigenvalue weighted by Gasteiger charge is 2.20. The van der Waals surface area contributed by atoms with Crippen LogP contribution in [0.15, 0.2) is 36.4 Å². The van der Waals surface area contributed by atoms with Gasteiger partial charge in [0.1, 0.15) is 5.82 Å². The summed E-state index contributed by atoms with van der Waals surface area (Å²) in [7, 11) is 0. The van der Waals surface area contributed by atoms with Crippen molar-refractivity contribution in [3.05, 3.63) is 59.2 Å². The van der Waals surface area contributed by atoms with Crippen LogP contribution in [0.25, 0.3) is 5.69 Å². The van der Waals surface area contributed by atoms with Gasteiger partial charge in [-0.2, -0.15) is 5.10 Å². The zero-order chi connectivity index (χ0) is 18.7. The van der Waals surface area contributed by atoms with Gasteiger partial charge in [0.25, 0.3) is 0 Å². The molecular weight excluding hydrogens is 327 g/mol. The maximum atomic E-state index is 13.2. The topological polar surface area (TPSA) is 33.1 Å². The number of aromatic nitrogens is 2. The predicted octanol–water partition coefficient (Wildman–Crippen LogP) is 3.76. The molecule has 2 aromatic rings. The molecule has 140 valence electrons. The number of benzene rings is 1. The van der Waals surface area contributed by atoms with Crippen LogP contribution in [0.4, 0.5) is 4.39 Å². The van der Waals surface area contributed by atoms with Crippen LogP contribution in [0.5, 0.6) is 0 Å². The van der Waals surface area contributed by atoms with Gasteiger partial charge < -0.3 is 5.32 Å². The number of rotatable bonds is 6. The summed E-state index contributed by atoms with van der Waals surface area (Å²) in [6.45, 7) is 14.3. The second-order valence-corrected chi connectivity index (χ2v) is 7.43. The summed E-state index contributed by atoms with van der Waals surface area (Å²) in [6, 6.07) is 7.03. The third kappa shape index (κ3) is 4.40. The maximum absolute atomic E-state index is 13.2. The highest BCUT2D eigenvalue weighted by atomic mass is 19.1. The molecule has 1 aromatic carbocycles. The molecule has 0 aliphatic carbocycles. The van der Waals surface area contributed by atoms with Crippen LogP contribution >= 0.6 is 0 Å². The number of halogens is 1. The fourth-order valence-corrected chi connectivity index (χ4v) is 3.69. The van der Waals surface area contributed by atoms with E-state index in [4.69, 9.17) is 0 Å². The molecule has 1 fully saturated rings. The number of likely N-dealkylation sites (tertiary alicyclic amines) is 1. The van der Waals surface area contributed by atoms with E-state index in [0.29, 0.717) is 6.04 Å². The highest BCUT2D eigenvalue weighted by Crippen LogP contribution is 2.19. The lowest BCUT2D eigenvalue weighted by atomic mass is 10.0. The Kier molecular flexibility index (Phi) is 5.89. The summed E-state index contributed by atoms with van der Waals surface area (Å²) < 4.78 is 15.1. The Balaban J connectivity index is 1.61. The summed E-state index contributed by atoms with van der Waals surface area (Å²) in [4.78, 5) is 2.48. The van der Waals surface area contributed by atoms with Crippen molar-refractivity contribution in [2.24, 2.45) is 0 Å². The minimum absolute atomic E-state index is 0.227. The van der Waals surface area contributed by atoms with Gasteiger partial charge in [-0.05, 0) is 71.0 Å². The smallest absolute Gasteiger partial charge is 0.123 e. The first-order chi connectivity index (χ1) is 12.4. The predicted molar refractivity (Wildman–Crippen MR) is 104 cm³/mol. The van der Waals surface area contributed by atoms with E-state index in [1.54, 1.807) is 12.1 Å². The molecule has 0 unspecified atom stereocenters. The van der Waals surface area contributed by atoms with Gasteiger partial charge in [0.05, 0.1) is 11.4 Å². The van der Waals surface area contributed by atoms with Gasteiger partial charge in [-0.3, -0.25) is 4.90 Å². The first-order valence-corrected chi connectivity index (χ1v) is 9.35. The van der Waals surface area contributed by atoms with Crippen LogP contribution in [0.1, 0.15) is 36.7 Å². The molecule has 2 heterocycles. The molecule has 0 radical (unpaired) electrons. The Hall–Kier alpha value is -1.98. The van der Waals surface area contributed by atoms with Gasteiger partial charge in [-0.1, -0.05) is 12.2 Å². The average molecular weight is 356 g/mol. The van der Waals surface area contributed by atoms with Gasteiger partial charge in [0, 0.05) is 30.4 Å². The van der Waals surface area contributed by atoms with E-state index in [2.05, 4.69) is 35.7 Å². The van der Waals surface area contributed by atoms with Crippen molar-refractivity contribution in [3.8, 4) is 5.69 Å². The Labute approximate surface area is 155 Å². The van der Waals surface area contributed by atoms with E-state index in [0.717, 1.165) is 56.1 Å². The summed E-state index contributed by atoms with van der Waals surface area (Å²) in [5, 5.41) is 8.36. The molecule has 1 aliphatic rings. The minimum atomic E-state index is -0.227. The summed E-state index contributed by atoms with van der Waals surface area (Å²) in [6.07, 6.45) is 2.33. The molecule has 0 spiro atoms. The van der Waals surface area contributed by atoms with Gasteiger partial charge in [-0.25, -0.2) is 9.07 Å². The Bertz CT molecular complexity index is 755. The molecule has 5 heteroatoms. The lowest BCUT2D eigenvalue weighted by Gasteiger charge is -2.32. The van der Waals surface area contributed by atoms with Crippen molar-refractivity contribution < 1.29 is 4.39 Å². The van der Waals surface area contributed by atoms with Crippen molar-refractivity contribution >= 4 is 0 Å². The molecule has 0 atom stereocenters. The second-order valence-electron chi connectivity index (χ2n) is 7.43. The van der Waals surface area contributed by atoms with Crippen molar-refractivity contribution in [1.29, 1.82) is 0 Å². The van der Waals surface area contributed by atoms with E-state index in [9.17, 15) is 4.39 Å². The van der Waals surface area contributed by atoms with Gasteiger partial charge in [0.2, 0.25) is 0 Å². The van der Waals surface area contributed by atoms with Crippen LogP contribution < -0.4 is 5.32 Å². The minimum Gasteiger partial charge on any atom is -0.310 e. The number of hydrogen-bond donors (Lipinski definition) is 1. The van der Waals surface area contributed by atoms with Gasteiger partial charge in [0.15, 0.2) is 0 Å². The highest BCUT2D eigenvalue weighted by molar-refractivity contribution is 5.37. The lowest BCUT2D eigenvalue weighted by Crippen LogP contribution is -2.42. The van der Waals surface area contributed by atoms with Crippen LogP contribution in [0.3, 0.4) is 0 Å². The lowest BCUT2D eigenvalue weighted by molar-refractivity contribution is 0.211. The summed E-state index contributed by atoms with van der Waals surface area (Å²) in [5.41, 5.74) is 5.50. The van der Waals surface area contributed by atoms with E-state index >= 15 is 0 Å². The first kappa shape index (κ1) is 18.8. The van der Waals surface area contributed by atoms with Crippen LogP contribution in [-0.4, -0.2) is 40.4 Å². The normalized spacial score (nSPS) is 16.2. The molecule has 1 aliphatic heterocycles. The quantitative estimate of drug-likeness (QED) is 0.800. The van der Waals surface area contributed by atoms with E-state index in [1.165, 1.54) is 23.3 Å². The van der Waals surface area contributed by atoms with Crippen LogP contribution in [0, 0.1) is 19.7 Å². The molecule has 0 amide bonds. The monoisotopic (exact) mass is 356 g/mol. The molecule has 3 rings (SSSR count). The fourth-order valence-electron chi connectivity index (χ4n) is 3.69. The summed E-state index contributed by atoms with van der Waals surface area (Å²) >= 11 is 0. The Morgan fingerprint density at radius 1 is 1.23 bits per heavy atom. The van der Waals surface area contributed by atoms with Crippen molar-refractivity contribution in [2.75, 3.05) is 19.6 Å². The standard InChI is InChI=1S/C21H29FN4/c1-15(2)14-25-11-9-19(10-12-25)23-13-21-16(3)24-26(17(21)4)20-7-5-18(22)6-8-20/h5-8,19,23H,1,9-14H2,2-4H3. The molecule has 0 bridgehead atoms. The number of aryl methyl sites for hydroxylation is 1. The molecule has 1 saturated heterocycles. The fraction of sp³-hybridized carbons (Fsp3) is 0.476.